The van der Waals surface area contributed by atoms with Crippen LogP contribution in [0.1, 0.15) is 32.3 Å². The molecular formula is C17H27IN4O. The molecule has 0 spiro atoms. The van der Waals surface area contributed by atoms with E-state index in [0.29, 0.717) is 25.6 Å². The average molecular weight is 430 g/mol. The molecule has 0 aromatic heterocycles. The number of aliphatic imine (C=N–C) groups is 1. The van der Waals surface area contributed by atoms with Gasteiger partial charge in [0.2, 0.25) is 5.91 Å². The Labute approximate surface area is 155 Å². The van der Waals surface area contributed by atoms with Crippen LogP contribution in [0.3, 0.4) is 0 Å². The molecule has 0 radical (unpaired) electrons. The third-order valence-corrected chi connectivity index (χ3v) is 3.72. The molecule has 2 atom stereocenters. The van der Waals surface area contributed by atoms with Crippen LogP contribution in [-0.2, 0) is 11.3 Å². The van der Waals surface area contributed by atoms with Gasteiger partial charge in [-0.15, -0.1) is 24.0 Å². The summed E-state index contributed by atoms with van der Waals surface area (Å²) in [4.78, 5) is 16.3. The molecule has 1 aliphatic carbocycles. The van der Waals surface area contributed by atoms with Crippen LogP contribution in [0.4, 0.5) is 0 Å². The Morgan fingerprint density at radius 2 is 1.96 bits per heavy atom. The number of hydrogen-bond acceptors (Lipinski definition) is 2. The van der Waals surface area contributed by atoms with Gasteiger partial charge in [0, 0.05) is 25.6 Å². The van der Waals surface area contributed by atoms with Gasteiger partial charge < -0.3 is 16.0 Å². The maximum atomic E-state index is 11.8. The zero-order valence-corrected chi connectivity index (χ0v) is 16.2. The molecular weight excluding hydrogens is 403 g/mol. The highest BCUT2D eigenvalue weighted by atomic mass is 127. The fourth-order valence-electron chi connectivity index (χ4n) is 2.17. The quantitative estimate of drug-likeness (QED) is 0.353. The van der Waals surface area contributed by atoms with Crippen LogP contribution in [-0.4, -0.2) is 31.0 Å². The lowest BCUT2D eigenvalue weighted by molar-refractivity contribution is -0.121. The van der Waals surface area contributed by atoms with E-state index in [1.54, 1.807) is 0 Å². The van der Waals surface area contributed by atoms with Gasteiger partial charge in [0.25, 0.3) is 0 Å². The molecule has 6 heteroatoms. The van der Waals surface area contributed by atoms with E-state index < -0.39 is 0 Å². The summed E-state index contributed by atoms with van der Waals surface area (Å²) in [6.07, 6.45) is 1.60. The van der Waals surface area contributed by atoms with E-state index in [1.807, 2.05) is 37.3 Å². The topological polar surface area (TPSA) is 65.5 Å². The lowest BCUT2D eigenvalue weighted by Gasteiger charge is -2.10. The van der Waals surface area contributed by atoms with Gasteiger partial charge in [0.05, 0.1) is 6.54 Å². The molecule has 2 unspecified atom stereocenters. The van der Waals surface area contributed by atoms with Crippen molar-refractivity contribution in [3.63, 3.8) is 0 Å². The van der Waals surface area contributed by atoms with Gasteiger partial charge in [-0.05, 0) is 24.8 Å². The lowest BCUT2D eigenvalue weighted by Crippen LogP contribution is -2.39. The standard InChI is InChI=1S/C17H26N4O.HI/c1-3-18-17(21-15-11-13(15)2)19-10-9-16(22)20-12-14-7-5-4-6-8-14;/h4-8,13,15H,3,9-12H2,1-2H3,(H,20,22)(H2,18,19,21);1H. The van der Waals surface area contributed by atoms with Crippen molar-refractivity contribution in [2.24, 2.45) is 10.9 Å². The summed E-state index contributed by atoms with van der Waals surface area (Å²) in [7, 11) is 0. The van der Waals surface area contributed by atoms with E-state index in [-0.39, 0.29) is 29.9 Å². The van der Waals surface area contributed by atoms with E-state index in [9.17, 15) is 4.79 Å². The molecule has 0 bridgehead atoms. The number of nitrogens with one attached hydrogen (secondary N) is 3. The van der Waals surface area contributed by atoms with Gasteiger partial charge in [-0.2, -0.15) is 0 Å². The van der Waals surface area contributed by atoms with E-state index >= 15 is 0 Å². The first kappa shape index (κ1) is 19.7. The van der Waals surface area contributed by atoms with Crippen molar-refractivity contribution in [3.05, 3.63) is 35.9 Å². The largest absolute Gasteiger partial charge is 0.357 e. The number of benzene rings is 1. The first-order valence-electron chi connectivity index (χ1n) is 8.04. The van der Waals surface area contributed by atoms with Crippen molar-refractivity contribution in [1.29, 1.82) is 0 Å². The normalized spacial score (nSPS) is 19.5. The first-order valence-corrected chi connectivity index (χ1v) is 8.04. The predicted octanol–water partition coefficient (Wildman–Crippen LogP) is 2.27. The summed E-state index contributed by atoms with van der Waals surface area (Å²) in [5.74, 6) is 1.56. The molecule has 1 aromatic carbocycles. The number of hydrogen-bond donors (Lipinski definition) is 3. The van der Waals surface area contributed by atoms with Gasteiger partial charge in [-0.1, -0.05) is 37.3 Å². The molecule has 1 amide bonds. The number of carbonyl (C=O) groups is 1. The average Bonchev–Trinajstić information content (AvgIpc) is 3.21. The zero-order chi connectivity index (χ0) is 15.8. The van der Waals surface area contributed by atoms with Gasteiger partial charge in [0.15, 0.2) is 5.96 Å². The van der Waals surface area contributed by atoms with E-state index in [1.165, 1.54) is 6.42 Å². The van der Waals surface area contributed by atoms with Crippen molar-refractivity contribution in [2.45, 2.75) is 39.3 Å². The predicted molar refractivity (Wildman–Crippen MR) is 105 cm³/mol. The van der Waals surface area contributed by atoms with Gasteiger partial charge in [0.1, 0.15) is 0 Å². The molecule has 0 saturated heterocycles. The van der Waals surface area contributed by atoms with Crippen molar-refractivity contribution in [3.8, 4) is 0 Å². The minimum Gasteiger partial charge on any atom is -0.357 e. The Hall–Kier alpha value is -1.31. The maximum Gasteiger partial charge on any atom is 0.222 e. The van der Waals surface area contributed by atoms with Crippen LogP contribution < -0.4 is 16.0 Å². The Morgan fingerprint density at radius 3 is 2.57 bits per heavy atom. The number of guanidine groups is 1. The molecule has 1 aromatic rings. The maximum absolute atomic E-state index is 11.8. The van der Waals surface area contributed by atoms with E-state index in [4.69, 9.17) is 0 Å². The number of carbonyl (C=O) groups excluding carboxylic acids is 1. The molecule has 5 nitrogen and oxygen atoms in total. The van der Waals surface area contributed by atoms with Crippen LogP contribution in [0.5, 0.6) is 0 Å². The molecule has 1 saturated carbocycles. The van der Waals surface area contributed by atoms with E-state index in [0.717, 1.165) is 24.0 Å². The van der Waals surface area contributed by atoms with Crippen LogP contribution in [0.15, 0.2) is 35.3 Å². The van der Waals surface area contributed by atoms with Gasteiger partial charge in [-0.25, -0.2) is 0 Å². The number of rotatable bonds is 7. The Bertz CT molecular complexity index is 507. The van der Waals surface area contributed by atoms with Crippen molar-refractivity contribution in [1.82, 2.24) is 16.0 Å². The molecule has 1 fully saturated rings. The lowest BCUT2D eigenvalue weighted by atomic mass is 10.2. The number of halogens is 1. The smallest absolute Gasteiger partial charge is 0.222 e. The van der Waals surface area contributed by atoms with E-state index in [2.05, 4.69) is 27.9 Å². The van der Waals surface area contributed by atoms with Crippen LogP contribution >= 0.6 is 24.0 Å². The second-order valence-electron chi connectivity index (χ2n) is 5.74. The Morgan fingerprint density at radius 1 is 1.26 bits per heavy atom. The van der Waals surface area contributed by atoms with Crippen molar-refractivity contribution >= 4 is 35.8 Å². The molecule has 1 aliphatic rings. The second kappa shape index (κ2) is 10.5. The summed E-state index contributed by atoms with van der Waals surface area (Å²) >= 11 is 0. The van der Waals surface area contributed by atoms with Crippen molar-refractivity contribution < 1.29 is 4.79 Å². The zero-order valence-electron chi connectivity index (χ0n) is 13.8. The second-order valence-corrected chi connectivity index (χ2v) is 5.74. The van der Waals surface area contributed by atoms with Crippen LogP contribution in [0.25, 0.3) is 0 Å². The first-order chi connectivity index (χ1) is 10.7. The number of amides is 1. The Balaban J connectivity index is 0.00000264. The summed E-state index contributed by atoms with van der Waals surface area (Å²) in [5, 5.41) is 9.51. The van der Waals surface area contributed by atoms with Crippen LogP contribution in [0, 0.1) is 5.92 Å². The molecule has 3 N–H and O–H groups in total. The number of nitrogens with zero attached hydrogens (tertiary/aromatic N) is 1. The summed E-state index contributed by atoms with van der Waals surface area (Å²) in [6.45, 7) is 6.16. The minimum absolute atomic E-state index is 0. The SMILES string of the molecule is CCNC(=NCCC(=O)NCc1ccccc1)NC1CC1C.I. The van der Waals surface area contributed by atoms with Gasteiger partial charge in [-0.3, -0.25) is 9.79 Å². The van der Waals surface area contributed by atoms with Crippen LogP contribution in [0.2, 0.25) is 0 Å². The minimum atomic E-state index is 0. The highest BCUT2D eigenvalue weighted by molar-refractivity contribution is 14.0. The molecule has 128 valence electrons. The highest BCUT2D eigenvalue weighted by Crippen LogP contribution is 2.28. The molecule has 2 rings (SSSR count). The summed E-state index contributed by atoms with van der Waals surface area (Å²) in [6, 6.07) is 10.4. The molecule has 0 aliphatic heterocycles. The Kier molecular flexibility index (Phi) is 8.98. The third-order valence-electron chi connectivity index (χ3n) is 3.72. The molecule has 0 heterocycles. The summed E-state index contributed by atoms with van der Waals surface area (Å²) in [5.41, 5.74) is 1.11. The molecule has 23 heavy (non-hydrogen) atoms. The highest BCUT2D eigenvalue weighted by Gasteiger charge is 2.33. The third kappa shape index (κ3) is 7.67. The summed E-state index contributed by atoms with van der Waals surface area (Å²) < 4.78 is 0. The fourth-order valence-corrected chi connectivity index (χ4v) is 2.17. The fraction of sp³-hybridized carbons (Fsp3) is 0.529. The van der Waals surface area contributed by atoms with Crippen molar-refractivity contribution in [2.75, 3.05) is 13.1 Å². The van der Waals surface area contributed by atoms with Gasteiger partial charge >= 0.3 is 0 Å². The monoisotopic (exact) mass is 430 g/mol.